The van der Waals surface area contributed by atoms with Crippen LogP contribution in [0.3, 0.4) is 0 Å². The van der Waals surface area contributed by atoms with E-state index < -0.39 is 11.2 Å². The van der Waals surface area contributed by atoms with Crippen molar-refractivity contribution in [3.8, 4) is 0 Å². The number of ketones is 1. The van der Waals surface area contributed by atoms with Gasteiger partial charge in [-0.05, 0) is 37.3 Å². The first-order valence-corrected chi connectivity index (χ1v) is 8.57. The summed E-state index contributed by atoms with van der Waals surface area (Å²) in [6.07, 6.45) is 0. The summed E-state index contributed by atoms with van der Waals surface area (Å²) in [7, 11) is 0. The highest BCUT2D eigenvalue weighted by molar-refractivity contribution is 6.47. The average molecular weight is 416 g/mol. The maximum atomic E-state index is 12.9. The lowest BCUT2D eigenvalue weighted by Crippen LogP contribution is -2.18. The molecule has 2 aromatic carbocycles. The Hall–Kier alpha value is -1.72. The minimum absolute atomic E-state index is 0.0443. The molecule has 0 fully saturated rings. The van der Waals surface area contributed by atoms with Crippen LogP contribution in [0.1, 0.15) is 17.3 Å². The van der Waals surface area contributed by atoms with Crippen LogP contribution in [0.4, 0.5) is 11.5 Å². The van der Waals surface area contributed by atoms with E-state index in [-0.39, 0.29) is 31.8 Å². The first-order valence-electron chi connectivity index (χ1n) is 7.06. The van der Waals surface area contributed by atoms with Crippen LogP contribution in [0.5, 0.6) is 0 Å². The van der Waals surface area contributed by atoms with Crippen LogP contribution in [0.15, 0.2) is 35.1 Å². The quantitative estimate of drug-likeness (QED) is 0.402. The van der Waals surface area contributed by atoms with Crippen molar-refractivity contribution in [1.82, 2.24) is 4.98 Å². The van der Waals surface area contributed by atoms with E-state index in [1.807, 2.05) is 0 Å². The van der Waals surface area contributed by atoms with Crippen LogP contribution < -0.4 is 10.7 Å². The number of hydrogen-bond acceptors (Lipinski definition) is 3. The van der Waals surface area contributed by atoms with Crippen molar-refractivity contribution in [1.29, 1.82) is 0 Å². The summed E-state index contributed by atoms with van der Waals surface area (Å²) in [6.45, 7) is 1.30. The number of anilines is 2. The van der Waals surface area contributed by atoms with E-state index in [0.717, 1.165) is 0 Å². The number of aromatic amines is 1. The van der Waals surface area contributed by atoms with Crippen LogP contribution in [0.2, 0.25) is 20.1 Å². The fraction of sp³-hybridized carbons (Fsp3) is 0.0588. The number of halogens is 4. The second kappa shape index (κ2) is 6.89. The third-order valence-electron chi connectivity index (χ3n) is 3.59. The Morgan fingerprint density at radius 2 is 1.68 bits per heavy atom. The fourth-order valence-electron chi connectivity index (χ4n) is 2.46. The van der Waals surface area contributed by atoms with Crippen molar-refractivity contribution in [3.05, 3.63) is 66.2 Å². The average Bonchev–Trinajstić information content (AvgIpc) is 2.54. The molecule has 0 amide bonds. The highest BCUT2D eigenvalue weighted by Crippen LogP contribution is 2.35. The molecular weight excluding hydrogens is 406 g/mol. The number of aromatic nitrogens is 1. The van der Waals surface area contributed by atoms with Crippen LogP contribution in [0, 0.1) is 0 Å². The monoisotopic (exact) mass is 414 g/mol. The number of nitrogens with one attached hydrogen (secondary N) is 2. The Morgan fingerprint density at radius 3 is 2.28 bits per heavy atom. The van der Waals surface area contributed by atoms with Crippen molar-refractivity contribution < 1.29 is 4.79 Å². The minimum atomic E-state index is -0.549. The number of Topliss-reactive ketones (excluding diaryl/α,β-unsaturated/α-hetero) is 1. The van der Waals surface area contributed by atoms with E-state index in [9.17, 15) is 9.59 Å². The molecule has 0 atom stereocenters. The topological polar surface area (TPSA) is 62.0 Å². The Morgan fingerprint density at radius 1 is 1.04 bits per heavy atom. The molecule has 0 aliphatic rings. The predicted molar refractivity (Wildman–Crippen MR) is 104 cm³/mol. The fourth-order valence-corrected chi connectivity index (χ4v) is 3.34. The van der Waals surface area contributed by atoms with Gasteiger partial charge >= 0.3 is 0 Å². The Kier molecular flexibility index (Phi) is 4.98. The molecule has 0 bridgehead atoms. The molecule has 0 unspecified atom stereocenters. The Balaban J connectivity index is 2.31. The minimum Gasteiger partial charge on any atom is -0.341 e. The molecule has 8 heteroatoms. The zero-order valence-corrected chi connectivity index (χ0v) is 15.7. The molecule has 1 heterocycles. The van der Waals surface area contributed by atoms with Gasteiger partial charge in [-0.25, -0.2) is 0 Å². The van der Waals surface area contributed by atoms with E-state index >= 15 is 0 Å². The van der Waals surface area contributed by atoms with Gasteiger partial charge in [0, 0.05) is 10.7 Å². The largest absolute Gasteiger partial charge is 0.341 e. The third-order valence-corrected chi connectivity index (χ3v) is 4.93. The molecule has 3 rings (SSSR count). The molecule has 2 N–H and O–H groups in total. The summed E-state index contributed by atoms with van der Waals surface area (Å²) < 4.78 is 0. The van der Waals surface area contributed by atoms with Crippen molar-refractivity contribution in [2.75, 3.05) is 5.32 Å². The van der Waals surface area contributed by atoms with Crippen LogP contribution >= 0.6 is 46.4 Å². The number of benzene rings is 2. The third kappa shape index (κ3) is 3.35. The molecule has 0 spiro atoms. The number of hydrogen-bond donors (Lipinski definition) is 2. The van der Waals surface area contributed by atoms with Crippen molar-refractivity contribution in [2.45, 2.75) is 6.92 Å². The summed E-state index contributed by atoms with van der Waals surface area (Å²) in [4.78, 5) is 27.9. The van der Waals surface area contributed by atoms with Gasteiger partial charge in [-0.2, -0.15) is 0 Å². The number of carbonyl (C=O) groups is 1. The molecule has 0 saturated carbocycles. The van der Waals surface area contributed by atoms with Gasteiger partial charge in [0.25, 0.3) is 0 Å². The number of H-pyrrole nitrogens is 1. The zero-order valence-electron chi connectivity index (χ0n) is 12.7. The predicted octanol–water partition coefficient (Wildman–Crippen LogP) is 6.09. The maximum absolute atomic E-state index is 12.9. The van der Waals surface area contributed by atoms with Gasteiger partial charge in [0.2, 0.25) is 5.43 Å². The number of rotatable bonds is 3. The summed E-state index contributed by atoms with van der Waals surface area (Å²) in [5.41, 5.74) is 0.315. The van der Waals surface area contributed by atoms with E-state index in [1.165, 1.54) is 13.0 Å². The molecule has 3 aromatic rings. The normalized spacial score (nSPS) is 10.9. The van der Waals surface area contributed by atoms with Gasteiger partial charge in [0.1, 0.15) is 11.4 Å². The zero-order chi connectivity index (χ0) is 18.3. The molecular formula is C17H10Cl4N2O2. The van der Waals surface area contributed by atoms with Gasteiger partial charge < -0.3 is 10.3 Å². The number of fused-ring (bicyclic) bond motifs is 1. The number of carbonyl (C=O) groups excluding carboxylic acids is 1. The van der Waals surface area contributed by atoms with E-state index in [0.29, 0.717) is 16.2 Å². The van der Waals surface area contributed by atoms with Gasteiger partial charge in [0.15, 0.2) is 5.78 Å². The first-order chi connectivity index (χ1) is 11.8. The van der Waals surface area contributed by atoms with E-state index in [1.54, 1.807) is 24.3 Å². The van der Waals surface area contributed by atoms with Crippen molar-refractivity contribution >= 4 is 74.6 Å². The Labute approximate surface area is 162 Å². The van der Waals surface area contributed by atoms with E-state index in [4.69, 9.17) is 46.4 Å². The first kappa shape index (κ1) is 18.1. The van der Waals surface area contributed by atoms with Crippen LogP contribution in [0.25, 0.3) is 10.9 Å². The molecule has 0 aliphatic carbocycles. The molecule has 25 heavy (non-hydrogen) atoms. The molecule has 0 saturated heterocycles. The molecule has 4 nitrogen and oxygen atoms in total. The summed E-state index contributed by atoms with van der Waals surface area (Å²) in [5, 5.41) is 4.04. The second-order valence-corrected chi connectivity index (χ2v) is 6.93. The standard InChI is InChI=1S/C17H10Cl4N2O2/c1-7(24)12-16(25)13-14(21)10(19)6-11(20)15(13)23-17(12)22-9-4-2-8(18)3-5-9/h2-6H,1H3,(H2,22,23,25). The highest BCUT2D eigenvalue weighted by Gasteiger charge is 2.21. The lowest BCUT2D eigenvalue weighted by Gasteiger charge is -2.14. The molecule has 0 radical (unpaired) electrons. The summed E-state index contributed by atoms with van der Waals surface area (Å²) in [5.74, 6) is -0.209. The van der Waals surface area contributed by atoms with Crippen molar-refractivity contribution in [3.63, 3.8) is 0 Å². The number of pyridine rings is 1. The van der Waals surface area contributed by atoms with Gasteiger partial charge in [-0.1, -0.05) is 46.4 Å². The van der Waals surface area contributed by atoms with Crippen LogP contribution in [-0.2, 0) is 0 Å². The maximum Gasteiger partial charge on any atom is 0.203 e. The molecule has 0 aliphatic heterocycles. The summed E-state index contributed by atoms with van der Waals surface area (Å²) >= 11 is 24.2. The van der Waals surface area contributed by atoms with Gasteiger partial charge in [0.05, 0.1) is 26.0 Å². The van der Waals surface area contributed by atoms with Gasteiger partial charge in [-0.15, -0.1) is 0 Å². The van der Waals surface area contributed by atoms with Crippen molar-refractivity contribution in [2.24, 2.45) is 0 Å². The summed E-state index contributed by atoms with van der Waals surface area (Å²) in [6, 6.07) is 8.22. The smallest absolute Gasteiger partial charge is 0.203 e. The lowest BCUT2D eigenvalue weighted by molar-refractivity contribution is 0.101. The highest BCUT2D eigenvalue weighted by atomic mass is 35.5. The second-order valence-electron chi connectivity index (χ2n) is 5.30. The SMILES string of the molecule is CC(=O)c1c(Nc2ccc(Cl)cc2)[nH]c2c(Cl)cc(Cl)c(Cl)c2c1=O. The lowest BCUT2D eigenvalue weighted by atomic mass is 10.1. The van der Waals surface area contributed by atoms with E-state index in [2.05, 4.69) is 10.3 Å². The molecule has 128 valence electrons. The Bertz CT molecular complexity index is 1060. The van der Waals surface area contributed by atoms with Gasteiger partial charge in [-0.3, -0.25) is 9.59 Å². The van der Waals surface area contributed by atoms with Crippen LogP contribution in [-0.4, -0.2) is 10.8 Å². The molecule has 1 aromatic heterocycles.